The van der Waals surface area contributed by atoms with E-state index in [9.17, 15) is 13.0 Å². The number of hydrogen-bond acceptors (Lipinski definition) is 8. The molecule has 0 atom stereocenters. The molecule has 3 N–H and O–H groups in total. The third-order valence-corrected chi connectivity index (χ3v) is 8.72. The topological polar surface area (TPSA) is 163 Å². The predicted octanol–water partition coefficient (Wildman–Crippen LogP) is 6.11. The van der Waals surface area contributed by atoms with Crippen LogP contribution in [0.3, 0.4) is 0 Å². The standard InChI is InChI=1S/C32H18N8O3S.Mn/c41-44(42,43)23-15-7-14-22-24(23)32-39-30-21-13-6-5-12-20(21)28(37-30)35-26-17-9-2-1-8-16(17)25(33-26)34-27-18-10-3-4-11-19(18)29(36-27)38-31(22)40-32;/h1-15H,(H,41,42,43)(H2,33,34,35,36,37,38,39,40);. The fourth-order valence-electron chi connectivity index (χ4n) is 5.87. The summed E-state index contributed by atoms with van der Waals surface area (Å²) >= 11 is 0. The molecule has 0 aliphatic carbocycles. The summed E-state index contributed by atoms with van der Waals surface area (Å²) in [6, 6.07) is 27.6. The van der Waals surface area contributed by atoms with Gasteiger partial charge in [0.2, 0.25) is 0 Å². The summed E-state index contributed by atoms with van der Waals surface area (Å²) in [5.41, 5.74) is 4.68. The predicted molar refractivity (Wildman–Crippen MR) is 166 cm³/mol. The third-order valence-electron chi connectivity index (χ3n) is 7.82. The van der Waals surface area contributed by atoms with Crippen LogP contribution in [0.1, 0.15) is 0 Å². The number of nitrogens with one attached hydrogen (secondary N) is 2. The van der Waals surface area contributed by atoms with Crippen molar-refractivity contribution in [2.24, 2.45) is 0 Å². The molecular formula is C32H18MnN8O3S. The molecule has 0 amide bonds. The molecule has 13 heteroatoms. The average molecular weight is 650 g/mol. The van der Waals surface area contributed by atoms with Crippen LogP contribution in [-0.4, -0.2) is 52.8 Å². The van der Waals surface area contributed by atoms with Crippen molar-refractivity contribution in [2.45, 2.75) is 4.90 Å². The van der Waals surface area contributed by atoms with E-state index in [1.807, 2.05) is 72.8 Å². The molecular weight excluding hydrogens is 631 g/mol. The quantitative estimate of drug-likeness (QED) is 0.141. The minimum Gasteiger partial charge on any atom is -0.324 e. The molecule has 0 unspecified atom stereocenters. The Balaban J connectivity index is 0.00000300. The first-order valence-corrected chi connectivity index (χ1v) is 15.1. The molecule has 0 saturated carbocycles. The second-order valence-electron chi connectivity index (χ2n) is 10.4. The maximum Gasteiger partial charge on any atom is 0.295 e. The second-order valence-corrected chi connectivity index (χ2v) is 11.8. The van der Waals surface area contributed by atoms with Crippen molar-refractivity contribution in [3.05, 3.63) is 91.0 Å². The molecule has 1 radical (unpaired) electrons. The molecule has 2 aliphatic rings. The fraction of sp³-hybridized carbons (Fsp3) is 0. The number of rotatable bonds is 1. The van der Waals surface area contributed by atoms with Gasteiger partial charge in [-0.1, -0.05) is 84.9 Å². The summed E-state index contributed by atoms with van der Waals surface area (Å²) in [6.45, 7) is 0. The van der Waals surface area contributed by atoms with Crippen LogP contribution >= 0.6 is 0 Å². The first-order valence-electron chi connectivity index (χ1n) is 13.6. The van der Waals surface area contributed by atoms with E-state index in [-0.39, 0.29) is 33.0 Å². The second kappa shape index (κ2) is 9.84. The molecule has 7 aromatic rings. The van der Waals surface area contributed by atoms with Crippen LogP contribution in [0.25, 0.3) is 89.7 Å². The van der Waals surface area contributed by atoms with Crippen LogP contribution < -0.4 is 0 Å². The number of H-pyrrole nitrogens is 2. The van der Waals surface area contributed by atoms with Gasteiger partial charge >= 0.3 is 0 Å². The van der Waals surface area contributed by atoms with Crippen molar-refractivity contribution in [3.63, 3.8) is 0 Å². The van der Waals surface area contributed by atoms with Crippen LogP contribution in [0.5, 0.6) is 0 Å². The van der Waals surface area contributed by atoms with E-state index in [4.69, 9.17) is 29.9 Å². The van der Waals surface area contributed by atoms with Gasteiger partial charge in [0, 0.05) is 60.9 Å². The Morgan fingerprint density at radius 3 is 1.31 bits per heavy atom. The van der Waals surface area contributed by atoms with Crippen LogP contribution in [0.2, 0.25) is 0 Å². The fourth-order valence-corrected chi connectivity index (χ4v) is 6.59. The van der Waals surface area contributed by atoms with Crippen molar-refractivity contribution >= 4 is 54.3 Å². The van der Waals surface area contributed by atoms with Gasteiger partial charge in [0.15, 0.2) is 23.3 Å². The molecule has 4 aromatic carbocycles. The van der Waals surface area contributed by atoms with Crippen LogP contribution in [0.15, 0.2) is 95.9 Å². The number of aromatic nitrogens is 8. The van der Waals surface area contributed by atoms with E-state index in [2.05, 4.69) is 9.97 Å². The van der Waals surface area contributed by atoms with E-state index < -0.39 is 10.1 Å². The molecule has 217 valence electrons. The Bertz CT molecular complexity index is 2660. The molecule has 0 fully saturated rings. The van der Waals surface area contributed by atoms with Crippen LogP contribution in [0.4, 0.5) is 0 Å². The van der Waals surface area contributed by atoms with Gasteiger partial charge in [-0.15, -0.1) is 0 Å². The Labute approximate surface area is 264 Å². The van der Waals surface area contributed by atoms with Gasteiger partial charge in [0.05, 0.1) is 0 Å². The van der Waals surface area contributed by atoms with E-state index in [0.29, 0.717) is 45.6 Å². The summed E-state index contributed by atoms with van der Waals surface area (Å²) in [6.07, 6.45) is 0. The molecule has 2 aliphatic heterocycles. The number of nitrogens with zero attached hydrogens (tertiary/aromatic N) is 6. The van der Waals surface area contributed by atoms with Gasteiger partial charge in [-0.2, -0.15) is 8.42 Å². The van der Waals surface area contributed by atoms with Crippen molar-refractivity contribution in [1.29, 1.82) is 0 Å². The first kappa shape index (κ1) is 27.2. The third kappa shape index (κ3) is 4.17. The van der Waals surface area contributed by atoms with Crippen molar-refractivity contribution in [2.75, 3.05) is 0 Å². The minimum absolute atomic E-state index is 0. The molecule has 11 nitrogen and oxygen atoms in total. The number of hydrogen-bond donors (Lipinski definition) is 3. The zero-order valence-corrected chi connectivity index (χ0v) is 24.9. The number of benzene rings is 4. The van der Waals surface area contributed by atoms with E-state index in [1.54, 1.807) is 12.1 Å². The molecule has 8 bridgehead atoms. The summed E-state index contributed by atoms with van der Waals surface area (Å²) in [7, 11) is -4.62. The van der Waals surface area contributed by atoms with Crippen molar-refractivity contribution in [1.82, 2.24) is 39.9 Å². The Morgan fingerprint density at radius 1 is 0.467 bits per heavy atom. The number of aromatic amines is 2. The average Bonchev–Trinajstić information content (AvgIpc) is 3.76. The maximum atomic E-state index is 12.5. The van der Waals surface area contributed by atoms with E-state index in [1.165, 1.54) is 6.07 Å². The molecule has 5 heterocycles. The van der Waals surface area contributed by atoms with Gasteiger partial charge in [-0.3, -0.25) is 4.55 Å². The number of fused-ring (bicyclic) bond motifs is 20. The Hall–Kier alpha value is -5.33. The SMILES string of the molecule is O=S(=O)(O)c1cccc2c3nc4nc(nc5[nH]c(nc6nc(nc([nH]3)c12)-c1ccccc1-6)c1ccccc51)-c1ccccc1-4.[Mn]. The summed E-state index contributed by atoms with van der Waals surface area (Å²) in [4.78, 5) is 35.4. The maximum absolute atomic E-state index is 12.5. The minimum atomic E-state index is -4.62. The van der Waals surface area contributed by atoms with Gasteiger partial charge in [0.25, 0.3) is 10.1 Å². The molecule has 3 aromatic heterocycles. The van der Waals surface area contributed by atoms with E-state index >= 15 is 0 Å². The van der Waals surface area contributed by atoms with Gasteiger partial charge in [-0.05, 0) is 6.07 Å². The van der Waals surface area contributed by atoms with E-state index in [0.717, 1.165) is 33.0 Å². The van der Waals surface area contributed by atoms with Gasteiger partial charge in [0.1, 0.15) is 27.5 Å². The summed E-state index contributed by atoms with van der Waals surface area (Å²) in [5, 5.41) is 2.36. The van der Waals surface area contributed by atoms with Crippen molar-refractivity contribution < 1.29 is 30.0 Å². The Kier molecular flexibility index (Phi) is 5.96. The zero-order valence-electron chi connectivity index (χ0n) is 22.9. The van der Waals surface area contributed by atoms with Crippen LogP contribution in [0, 0.1) is 0 Å². The molecule has 0 spiro atoms. The van der Waals surface area contributed by atoms with Gasteiger partial charge < -0.3 is 9.97 Å². The summed E-state index contributed by atoms with van der Waals surface area (Å²) < 4.78 is 35.2. The molecule has 0 saturated heterocycles. The molecule has 9 rings (SSSR count). The summed E-state index contributed by atoms with van der Waals surface area (Å²) in [5.74, 6) is 1.60. The largest absolute Gasteiger partial charge is 0.324 e. The first-order chi connectivity index (χ1) is 21.4. The van der Waals surface area contributed by atoms with Crippen LogP contribution in [-0.2, 0) is 27.2 Å². The monoisotopic (exact) mass is 649 g/mol. The van der Waals surface area contributed by atoms with Gasteiger partial charge in [-0.25, -0.2) is 29.9 Å². The normalized spacial score (nSPS) is 12.1. The molecule has 45 heavy (non-hydrogen) atoms. The smallest absolute Gasteiger partial charge is 0.295 e. The van der Waals surface area contributed by atoms with Crippen molar-refractivity contribution in [3.8, 4) is 45.6 Å². The Morgan fingerprint density at radius 2 is 0.844 bits per heavy atom. The zero-order chi connectivity index (χ0) is 29.6.